The van der Waals surface area contributed by atoms with Crippen LogP contribution in [0.2, 0.25) is 0 Å². The molecule has 0 radical (unpaired) electrons. The Hall–Kier alpha value is -2.38. The molecule has 0 saturated carbocycles. The molecule has 144 valence electrons. The van der Waals surface area contributed by atoms with Gasteiger partial charge in [-0.2, -0.15) is 0 Å². The van der Waals surface area contributed by atoms with E-state index in [9.17, 15) is 9.59 Å². The first-order valence-electron chi connectivity index (χ1n) is 9.12. The summed E-state index contributed by atoms with van der Waals surface area (Å²) in [5.41, 5.74) is 2.98. The number of anilines is 1. The van der Waals surface area contributed by atoms with E-state index in [4.69, 9.17) is 4.74 Å². The first kappa shape index (κ1) is 19.0. The van der Waals surface area contributed by atoms with E-state index >= 15 is 0 Å². The maximum Gasteiger partial charge on any atom is 0.317 e. The Labute approximate surface area is 171 Å². The second-order valence-electron chi connectivity index (χ2n) is 6.76. The molecule has 5 nitrogen and oxygen atoms in total. The third-order valence-electron chi connectivity index (χ3n) is 4.69. The lowest BCUT2D eigenvalue weighted by atomic mass is 10.1. The molecular formula is C21H20N2O3S2. The molecule has 1 amide bonds. The number of para-hydroxylation sites is 2. The molecule has 3 aromatic rings. The normalized spacial score (nSPS) is 16.8. The van der Waals surface area contributed by atoms with Crippen molar-refractivity contribution >= 4 is 50.9 Å². The number of thiazole rings is 1. The summed E-state index contributed by atoms with van der Waals surface area (Å²) in [5.74, 6) is -0.468. The van der Waals surface area contributed by atoms with Crippen LogP contribution >= 0.6 is 23.1 Å². The Morgan fingerprint density at radius 2 is 2.00 bits per heavy atom. The molecule has 28 heavy (non-hydrogen) atoms. The van der Waals surface area contributed by atoms with Crippen molar-refractivity contribution in [2.75, 3.05) is 10.7 Å². The van der Waals surface area contributed by atoms with E-state index in [1.165, 1.54) is 11.8 Å². The summed E-state index contributed by atoms with van der Waals surface area (Å²) in [4.78, 5) is 31.4. The zero-order valence-electron chi connectivity index (χ0n) is 15.6. The van der Waals surface area contributed by atoms with Crippen LogP contribution in [0.4, 0.5) is 5.69 Å². The van der Waals surface area contributed by atoms with E-state index in [-0.39, 0.29) is 17.7 Å². The molecule has 0 bridgehead atoms. The minimum absolute atomic E-state index is 0.0585. The van der Waals surface area contributed by atoms with E-state index in [1.807, 2.05) is 55.5 Å². The van der Waals surface area contributed by atoms with E-state index in [0.29, 0.717) is 0 Å². The molecule has 0 unspecified atom stereocenters. The smallest absolute Gasteiger partial charge is 0.317 e. The van der Waals surface area contributed by atoms with Gasteiger partial charge in [-0.05, 0) is 44.0 Å². The van der Waals surface area contributed by atoms with Gasteiger partial charge >= 0.3 is 5.97 Å². The van der Waals surface area contributed by atoms with Gasteiger partial charge in [0.1, 0.15) is 0 Å². The number of hydrogen-bond donors (Lipinski definition) is 0. The van der Waals surface area contributed by atoms with Gasteiger partial charge < -0.3 is 9.64 Å². The molecule has 2 heterocycles. The number of fused-ring (bicyclic) bond motifs is 2. The van der Waals surface area contributed by atoms with Crippen LogP contribution in [0.15, 0.2) is 52.9 Å². The summed E-state index contributed by atoms with van der Waals surface area (Å²) < 4.78 is 7.31. The number of carbonyl (C=O) groups is 2. The van der Waals surface area contributed by atoms with Crippen LogP contribution in [0.5, 0.6) is 0 Å². The number of esters is 1. The number of benzene rings is 2. The van der Waals surface area contributed by atoms with Crippen molar-refractivity contribution in [1.82, 2.24) is 4.98 Å². The maximum absolute atomic E-state index is 12.9. The molecule has 2 aromatic carbocycles. The minimum atomic E-state index is -0.822. The molecular weight excluding hydrogens is 392 g/mol. The fourth-order valence-electron chi connectivity index (χ4n) is 3.41. The standard InChI is InChI=1S/C21H20N2O3S2/c1-13-11-15-7-3-5-9-17(15)23(13)20(25)14(2)26-19(24)12-27-21-22-16-8-4-6-10-18(16)28-21/h3-10,13-14H,11-12H2,1-2H3/t13-,14-/m0/s1. The number of amides is 1. The Kier molecular flexibility index (Phi) is 5.37. The molecule has 0 fully saturated rings. The topological polar surface area (TPSA) is 59.5 Å². The van der Waals surface area contributed by atoms with Crippen LogP contribution in [0, 0.1) is 0 Å². The van der Waals surface area contributed by atoms with Gasteiger partial charge in [-0.3, -0.25) is 9.59 Å². The Morgan fingerprint density at radius 1 is 1.25 bits per heavy atom. The summed E-state index contributed by atoms with van der Waals surface area (Å²) >= 11 is 2.88. The molecule has 4 rings (SSSR count). The minimum Gasteiger partial charge on any atom is -0.452 e. The van der Waals surface area contributed by atoms with Gasteiger partial charge in [-0.25, -0.2) is 4.98 Å². The van der Waals surface area contributed by atoms with Crippen LogP contribution in [-0.2, 0) is 20.7 Å². The number of ether oxygens (including phenoxy) is 1. The molecule has 0 spiro atoms. The van der Waals surface area contributed by atoms with Gasteiger partial charge in [0.2, 0.25) is 0 Å². The van der Waals surface area contributed by atoms with Crippen molar-refractivity contribution in [1.29, 1.82) is 0 Å². The molecule has 0 saturated heterocycles. The van der Waals surface area contributed by atoms with Gasteiger partial charge in [0.05, 0.1) is 16.0 Å². The van der Waals surface area contributed by atoms with Crippen LogP contribution in [0.25, 0.3) is 10.2 Å². The fourth-order valence-corrected chi connectivity index (χ4v) is 5.26. The summed E-state index contributed by atoms with van der Waals surface area (Å²) in [6, 6.07) is 15.8. The van der Waals surface area contributed by atoms with Crippen LogP contribution < -0.4 is 4.90 Å². The first-order chi connectivity index (χ1) is 13.5. The Balaban J connectivity index is 1.36. The lowest BCUT2D eigenvalue weighted by molar-refractivity contribution is -0.151. The lowest BCUT2D eigenvalue weighted by Crippen LogP contribution is -2.43. The number of nitrogens with zero attached hydrogens (tertiary/aromatic N) is 2. The molecule has 0 aliphatic carbocycles. The second-order valence-corrected chi connectivity index (χ2v) is 9.01. The first-order valence-corrected chi connectivity index (χ1v) is 10.9. The molecule has 7 heteroatoms. The molecule has 1 aliphatic rings. The van der Waals surface area contributed by atoms with Gasteiger partial charge in [0.15, 0.2) is 10.4 Å². The summed E-state index contributed by atoms with van der Waals surface area (Å²) in [6.07, 6.45) is -0.00664. The second kappa shape index (κ2) is 7.93. The number of aromatic nitrogens is 1. The van der Waals surface area contributed by atoms with Crippen molar-refractivity contribution < 1.29 is 14.3 Å². The average Bonchev–Trinajstić information content (AvgIpc) is 3.25. The predicted molar refractivity (Wildman–Crippen MR) is 113 cm³/mol. The third-order valence-corrected chi connectivity index (χ3v) is 6.84. The zero-order valence-corrected chi connectivity index (χ0v) is 17.3. The predicted octanol–water partition coefficient (Wildman–Crippen LogP) is 4.30. The maximum atomic E-state index is 12.9. The number of hydrogen-bond acceptors (Lipinski definition) is 6. The zero-order chi connectivity index (χ0) is 19.7. The van der Waals surface area contributed by atoms with Crippen LogP contribution in [-0.4, -0.2) is 34.8 Å². The van der Waals surface area contributed by atoms with E-state index in [2.05, 4.69) is 4.98 Å². The lowest BCUT2D eigenvalue weighted by Gasteiger charge is -2.25. The summed E-state index contributed by atoms with van der Waals surface area (Å²) in [7, 11) is 0. The van der Waals surface area contributed by atoms with E-state index < -0.39 is 12.1 Å². The average molecular weight is 413 g/mol. The van der Waals surface area contributed by atoms with Crippen molar-refractivity contribution in [3.05, 3.63) is 54.1 Å². The number of thioether (sulfide) groups is 1. The van der Waals surface area contributed by atoms with Gasteiger partial charge in [0.25, 0.3) is 5.91 Å². The highest BCUT2D eigenvalue weighted by Crippen LogP contribution is 2.33. The van der Waals surface area contributed by atoms with Gasteiger partial charge in [0, 0.05) is 11.7 Å². The van der Waals surface area contributed by atoms with Crippen molar-refractivity contribution in [2.24, 2.45) is 0 Å². The Bertz CT molecular complexity index is 1000. The molecule has 1 aliphatic heterocycles. The van der Waals surface area contributed by atoms with Crippen molar-refractivity contribution in [3.63, 3.8) is 0 Å². The highest BCUT2D eigenvalue weighted by Gasteiger charge is 2.34. The largest absolute Gasteiger partial charge is 0.452 e. The van der Waals surface area contributed by atoms with Crippen LogP contribution in [0.1, 0.15) is 19.4 Å². The number of rotatable bonds is 5. The Morgan fingerprint density at radius 3 is 2.82 bits per heavy atom. The van der Waals surface area contributed by atoms with Gasteiger partial charge in [-0.1, -0.05) is 42.1 Å². The summed E-state index contributed by atoms with van der Waals surface area (Å²) in [5, 5.41) is 0. The van der Waals surface area contributed by atoms with Crippen molar-refractivity contribution in [2.45, 2.75) is 36.8 Å². The van der Waals surface area contributed by atoms with Gasteiger partial charge in [-0.15, -0.1) is 11.3 Å². The SMILES string of the molecule is C[C@H](OC(=O)CSc1nc2ccccc2s1)C(=O)N1c2ccccc2C[C@@H]1C. The fraction of sp³-hybridized carbons (Fsp3) is 0.286. The highest BCUT2D eigenvalue weighted by atomic mass is 32.2. The quantitative estimate of drug-likeness (QED) is 0.462. The van der Waals surface area contributed by atoms with Crippen molar-refractivity contribution in [3.8, 4) is 0 Å². The molecule has 0 N–H and O–H groups in total. The van der Waals surface area contributed by atoms with E-state index in [1.54, 1.807) is 23.2 Å². The van der Waals surface area contributed by atoms with Crippen LogP contribution in [0.3, 0.4) is 0 Å². The number of carbonyl (C=O) groups excluding carboxylic acids is 2. The third kappa shape index (κ3) is 3.77. The molecule has 2 atom stereocenters. The van der Waals surface area contributed by atoms with E-state index in [0.717, 1.165) is 32.2 Å². The molecule has 1 aromatic heterocycles. The monoisotopic (exact) mass is 412 g/mol. The highest BCUT2D eigenvalue weighted by molar-refractivity contribution is 8.01. The summed E-state index contributed by atoms with van der Waals surface area (Å²) in [6.45, 7) is 3.64.